The molecule has 0 atom stereocenters. The maximum Gasteiger partial charge on any atom is 0.278 e. The first-order chi connectivity index (χ1) is 8.49. The standard InChI is InChI=1S/C11H16N6O/c1-6(2)9-8(12)10(16-15-9)11(18)14-7-4-13-17(3)5-7/h4-6H,12H2,1-3H3,(H,14,18)(H,15,16). The highest BCUT2D eigenvalue weighted by molar-refractivity contribution is 6.06. The van der Waals surface area contributed by atoms with Gasteiger partial charge >= 0.3 is 0 Å². The van der Waals surface area contributed by atoms with Crippen LogP contribution in [0.5, 0.6) is 0 Å². The molecule has 2 aromatic rings. The van der Waals surface area contributed by atoms with Crippen LogP contribution in [0.4, 0.5) is 11.4 Å². The summed E-state index contributed by atoms with van der Waals surface area (Å²) in [5.74, 6) is -0.152. The Hall–Kier alpha value is -2.31. The van der Waals surface area contributed by atoms with Crippen molar-refractivity contribution in [1.82, 2.24) is 20.0 Å². The zero-order valence-corrected chi connectivity index (χ0v) is 10.6. The summed E-state index contributed by atoms with van der Waals surface area (Å²) in [6.07, 6.45) is 3.26. The number of nitrogens with zero attached hydrogens (tertiary/aromatic N) is 3. The molecule has 18 heavy (non-hydrogen) atoms. The van der Waals surface area contributed by atoms with E-state index in [1.165, 1.54) is 0 Å². The number of nitrogens with two attached hydrogens (primary N) is 1. The summed E-state index contributed by atoms with van der Waals surface area (Å²) in [5.41, 5.74) is 7.87. The highest BCUT2D eigenvalue weighted by atomic mass is 16.2. The number of aryl methyl sites for hydroxylation is 1. The molecule has 0 aliphatic rings. The summed E-state index contributed by atoms with van der Waals surface area (Å²) >= 11 is 0. The van der Waals surface area contributed by atoms with E-state index in [4.69, 9.17) is 5.73 Å². The van der Waals surface area contributed by atoms with Crippen molar-refractivity contribution in [3.05, 3.63) is 23.8 Å². The summed E-state index contributed by atoms with van der Waals surface area (Å²) < 4.78 is 1.60. The van der Waals surface area contributed by atoms with E-state index in [0.717, 1.165) is 5.69 Å². The molecule has 0 saturated heterocycles. The molecule has 0 saturated carbocycles. The largest absolute Gasteiger partial charge is 0.395 e. The molecule has 0 aliphatic carbocycles. The predicted molar refractivity (Wildman–Crippen MR) is 68.3 cm³/mol. The molecule has 7 nitrogen and oxygen atoms in total. The fraction of sp³-hybridized carbons (Fsp3) is 0.364. The lowest BCUT2D eigenvalue weighted by atomic mass is 10.1. The van der Waals surface area contributed by atoms with Gasteiger partial charge in [-0.3, -0.25) is 14.6 Å². The lowest BCUT2D eigenvalue weighted by molar-refractivity contribution is 0.102. The van der Waals surface area contributed by atoms with Crippen LogP contribution in [0.25, 0.3) is 0 Å². The lowest BCUT2D eigenvalue weighted by Crippen LogP contribution is -2.14. The summed E-state index contributed by atoms with van der Waals surface area (Å²) in [6, 6.07) is 0. The molecule has 2 rings (SSSR count). The molecule has 0 radical (unpaired) electrons. The van der Waals surface area contributed by atoms with E-state index in [1.54, 1.807) is 24.1 Å². The number of rotatable bonds is 3. The van der Waals surface area contributed by atoms with Gasteiger partial charge in [0.2, 0.25) is 0 Å². The third kappa shape index (κ3) is 2.20. The van der Waals surface area contributed by atoms with E-state index in [2.05, 4.69) is 20.6 Å². The first-order valence-corrected chi connectivity index (χ1v) is 5.62. The van der Waals surface area contributed by atoms with E-state index in [1.807, 2.05) is 13.8 Å². The molecule has 4 N–H and O–H groups in total. The molecule has 0 bridgehead atoms. The Bertz CT molecular complexity index is 568. The maximum absolute atomic E-state index is 12.0. The second kappa shape index (κ2) is 4.52. The summed E-state index contributed by atoms with van der Waals surface area (Å²) in [5, 5.41) is 13.4. The topological polar surface area (TPSA) is 102 Å². The molecule has 96 valence electrons. The molecule has 2 aromatic heterocycles. The number of aromatic amines is 1. The van der Waals surface area contributed by atoms with E-state index in [9.17, 15) is 4.79 Å². The fourth-order valence-corrected chi connectivity index (χ4v) is 1.65. The number of carbonyl (C=O) groups excluding carboxylic acids is 1. The number of nitrogen functional groups attached to an aromatic ring is 1. The van der Waals surface area contributed by atoms with Crippen molar-refractivity contribution in [2.75, 3.05) is 11.1 Å². The third-order valence-electron chi connectivity index (χ3n) is 2.59. The Morgan fingerprint density at radius 2 is 2.28 bits per heavy atom. The van der Waals surface area contributed by atoms with Crippen molar-refractivity contribution in [1.29, 1.82) is 0 Å². The van der Waals surface area contributed by atoms with E-state index in [0.29, 0.717) is 11.4 Å². The number of carbonyl (C=O) groups is 1. The molecule has 1 amide bonds. The van der Waals surface area contributed by atoms with Crippen LogP contribution in [0.3, 0.4) is 0 Å². The fourth-order valence-electron chi connectivity index (χ4n) is 1.65. The summed E-state index contributed by atoms with van der Waals surface area (Å²) in [4.78, 5) is 12.0. The highest BCUT2D eigenvalue weighted by Crippen LogP contribution is 2.22. The molecule has 0 aromatic carbocycles. The van der Waals surface area contributed by atoms with Crippen molar-refractivity contribution >= 4 is 17.3 Å². The average molecular weight is 248 g/mol. The molecule has 0 aliphatic heterocycles. The lowest BCUT2D eigenvalue weighted by Gasteiger charge is -2.03. The molecular formula is C11H16N6O. The Morgan fingerprint density at radius 1 is 1.56 bits per heavy atom. The van der Waals surface area contributed by atoms with Gasteiger partial charge in [-0.15, -0.1) is 0 Å². The van der Waals surface area contributed by atoms with Gasteiger partial charge in [0.05, 0.1) is 23.3 Å². The number of hydrogen-bond acceptors (Lipinski definition) is 4. The first kappa shape index (κ1) is 12.2. The zero-order chi connectivity index (χ0) is 13.3. The van der Waals surface area contributed by atoms with Gasteiger partial charge in [-0.25, -0.2) is 0 Å². The number of aromatic nitrogens is 4. The Labute approximate surface area is 104 Å². The minimum atomic E-state index is -0.344. The normalized spacial score (nSPS) is 10.9. The average Bonchev–Trinajstić information content (AvgIpc) is 2.85. The van der Waals surface area contributed by atoms with Crippen LogP contribution in [0.1, 0.15) is 35.9 Å². The molecular weight excluding hydrogens is 232 g/mol. The maximum atomic E-state index is 12.0. The number of anilines is 2. The zero-order valence-electron chi connectivity index (χ0n) is 10.6. The first-order valence-electron chi connectivity index (χ1n) is 5.62. The molecule has 0 unspecified atom stereocenters. The van der Waals surface area contributed by atoms with Gasteiger partial charge < -0.3 is 11.1 Å². The summed E-state index contributed by atoms with van der Waals surface area (Å²) in [6.45, 7) is 3.96. The van der Waals surface area contributed by atoms with E-state index < -0.39 is 0 Å². The van der Waals surface area contributed by atoms with Gasteiger partial charge in [0, 0.05) is 13.2 Å². The van der Waals surface area contributed by atoms with Crippen LogP contribution in [0, 0.1) is 0 Å². The Balaban J connectivity index is 2.19. The monoisotopic (exact) mass is 248 g/mol. The number of H-pyrrole nitrogens is 1. The second-order valence-corrected chi connectivity index (χ2v) is 4.41. The Morgan fingerprint density at radius 3 is 2.78 bits per heavy atom. The van der Waals surface area contributed by atoms with Crippen molar-refractivity contribution in [3.8, 4) is 0 Å². The van der Waals surface area contributed by atoms with E-state index in [-0.39, 0.29) is 17.5 Å². The van der Waals surface area contributed by atoms with Crippen LogP contribution in [-0.4, -0.2) is 25.9 Å². The molecule has 0 spiro atoms. The number of hydrogen-bond donors (Lipinski definition) is 3. The quantitative estimate of drug-likeness (QED) is 0.757. The second-order valence-electron chi connectivity index (χ2n) is 4.41. The molecule has 2 heterocycles. The minimum Gasteiger partial charge on any atom is -0.395 e. The van der Waals surface area contributed by atoms with Crippen LogP contribution in [0.15, 0.2) is 12.4 Å². The van der Waals surface area contributed by atoms with Crippen molar-refractivity contribution in [2.24, 2.45) is 7.05 Å². The highest BCUT2D eigenvalue weighted by Gasteiger charge is 2.19. The van der Waals surface area contributed by atoms with Crippen molar-refractivity contribution in [2.45, 2.75) is 19.8 Å². The van der Waals surface area contributed by atoms with Gasteiger partial charge in [-0.2, -0.15) is 10.2 Å². The van der Waals surface area contributed by atoms with Crippen molar-refractivity contribution < 1.29 is 4.79 Å². The van der Waals surface area contributed by atoms with Gasteiger partial charge in [0.25, 0.3) is 5.91 Å². The SMILES string of the molecule is CC(C)c1[nH]nc(C(=O)Nc2cnn(C)c2)c1N. The van der Waals surface area contributed by atoms with Gasteiger partial charge in [-0.05, 0) is 5.92 Å². The van der Waals surface area contributed by atoms with Crippen LogP contribution in [0.2, 0.25) is 0 Å². The number of amides is 1. The summed E-state index contributed by atoms with van der Waals surface area (Å²) in [7, 11) is 1.77. The van der Waals surface area contributed by atoms with Gasteiger partial charge in [-0.1, -0.05) is 13.8 Å². The van der Waals surface area contributed by atoms with Crippen LogP contribution in [-0.2, 0) is 7.05 Å². The molecule has 7 heteroatoms. The Kier molecular flexibility index (Phi) is 3.05. The minimum absolute atomic E-state index is 0.192. The smallest absolute Gasteiger partial charge is 0.278 e. The van der Waals surface area contributed by atoms with Crippen molar-refractivity contribution in [3.63, 3.8) is 0 Å². The van der Waals surface area contributed by atoms with Gasteiger partial charge in [0.1, 0.15) is 0 Å². The number of nitrogens with one attached hydrogen (secondary N) is 2. The van der Waals surface area contributed by atoms with Gasteiger partial charge in [0.15, 0.2) is 5.69 Å². The van der Waals surface area contributed by atoms with Crippen LogP contribution < -0.4 is 11.1 Å². The molecule has 0 fully saturated rings. The predicted octanol–water partition coefficient (Wildman–Crippen LogP) is 1.10. The van der Waals surface area contributed by atoms with E-state index >= 15 is 0 Å². The third-order valence-corrected chi connectivity index (χ3v) is 2.59. The van der Waals surface area contributed by atoms with Crippen LogP contribution >= 0.6 is 0 Å².